The molecular weight excluding hydrogens is 321 g/mol. The van der Waals surface area contributed by atoms with Gasteiger partial charge in [-0.2, -0.15) is 13.2 Å². The summed E-state index contributed by atoms with van der Waals surface area (Å²) in [6.07, 6.45) is 1.49. The number of alkyl halides is 3. The van der Waals surface area contributed by atoms with Crippen molar-refractivity contribution in [1.82, 2.24) is 19.4 Å². The van der Waals surface area contributed by atoms with E-state index >= 15 is 0 Å². The summed E-state index contributed by atoms with van der Waals surface area (Å²) < 4.78 is 40.2. The smallest absolute Gasteiger partial charge is 0.338 e. The number of rotatable bonds is 1. The molecule has 0 unspecified atom stereocenters. The fourth-order valence-electron chi connectivity index (χ4n) is 4.15. The highest BCUT2D eigenvalue weighted by molar-refractivity contribution is 6.04. The molecule has 1 amide bonds. The normalized spacial score (nSPS) is 23.9. The largest absolute Gasteiger partial charge is 0.449 e. The Morgan fingerprint density at radius 2 is 1.88 bits per heavy atom. The molecule has 0 N–H and O–H groups in total. The van der Waals surface area contributed by atoms with Gasteiger partial charge in [-0.25, -0.2) is 4.98 Å². The number of aryl methyl sites for hydroxylation is 1. The first kappa shape index (κ1) is 15.4. The lowest BCUT2D eigenvalue weighted by Crippen LogP contribution is -2.30. The molecule has 0 spiro atoms. The van der Waals surface area contributed by atoms with E-state index in [-0.39, 0.29) is 22.5 Å². The minimum Gasteiger partial charge on any atom is -0.338 e. The number of hydrogen-bond acceptors (Lipinski definition) is 3. The van der Waals surface area contributed by atoms with Crippen LogP contribution in [0.5, 0.6) is 0 Å². The summed E-state index contributed by atoms with van der Waals surface area (Å²) in [5.41, 5.74) is 0.479. The second-order valence-electron chi connectivity index (χ2n) is 6.71. The Hall–Kier alpha value is -2.12. The molecule has 0 bridgehead atoms. The first-order chi connectivity index (χ1) is 11.4. The third-order valence-electron chi connectivity index (χ3n) is 5.28. The van der Waals surface area contributed by atoms with Crippen LogP contribution in [0.3, 0.4) is 0 Å². The standard InChI is InChI=1S/C16H17F3N4O/c1-22-13-11(5-20-6-12(13)21-15(22)16(17,18)19)14(24)23-7-9-3-2-4-10(9)8-23/h5-6,9-10H,2-4,7-8H2,1H3/t9-,10+. The third-order valence-corrected chi connectivity index (χ3v) is 5.28. The maximum atomic E-state index is 13.1. The molecule has 1 aliphatic carbocycles. The van der Waals surface area contributed by atoms with Gasteiger partial charge in [-0.1, -0.05) is 6.42 Å². The average molecular weight is 338 g/mol. The Morgan fingerprint density at radius 3 is 2.50 bits per heavy atom. The molecule has 5 nitrogen and oxygen atoms in total. The number of likely N-dealkylation sites (tertiary alicyclic amines) is 1. The van der Waals surface area contributed by atoms with Crippen molar-refractivity contribution in [3.63, 3.8) is 0 Å². The number of nitrogens with zero attached hydrogens (tertiary/aromatic N) is 4. The van der Waals surface area contributed by atoms with Crippen molar-refractivity contribution in [2.75, 3.05) is 13.1 Å². The number of aromatic nitrogens is 3. The van der Waals surface area contributed by atoms with Crippen LogP contribution in [0.4, 0.5) is 13.2 Å². The number of fused-ring (bicyclic) bond motifs is 2. The van der Waals surface area contributed by atoms with E-state index in [2.05, 4.69) is 9.97 Å². The molecule has 2 aromatic heterocycles. The Kier molecular flexibility index (Phi) is 3.33. The van der Waals surface area contributed by atoms with Gasteiger partial charge in [0.15, 0.2) is 0 Å². The maximum absolute atomic E-state index is 13.1. The van der Waals surface area contributed by atoms with Crippen LogP contribution < -0.4 is 0 Å². The van der Waals surface area contributed by atoms with Crippen molar-refractivity contribution in [2.24, 2.45) is 18.9 Å². The molecule has 2 aromatic rings. The van der Waals surface area contributed by atoms with Gasteiger partial charge in [0.25, 0.3) is 5.91 Å². The van der Waals surface area contributed by atoms with E-state index in [0.717, 1.165) is 17.4 Å². The number of hydrogen-bond donors (Lipinski definition) is 0. The van der Waals surface area contributed by atoms with Gasteiger partial charge in [0.2, 0.25) is 5.82 Å². The summed E-state index contributed by atoms with van der Waals surface area (Å²) in [5.74, 6) is -0.214. The monoisotopic (exact) mass is 338 g/mol. The first-order valence-electron chi connectivity index (χ1n) is 8.03. The minimum absolute atomic E-state index is 0.0927. The molecule has 24 heavy (non-hydrogen) atoms. The zero-order chi connectivity index (χ0) is 17.1. The van der Waals surface area contributed by atoms with Crippen LogP contribution in [0.1, 0.15) is 35.4 Å². The molecule has 8 heteroatoms. The number of amides is 1. The lowest BCUT2D eigenvalue weighted by atomic mass is 10.0. The van der Waals surface area contributed by atoms with Crippen molar-refractivity contribution in [3.8, 4) is 0 Å². The van der Waals surface area contributed by atoms with Crippen LogP contribution in [0.2, 0.25) is 0 Å². The van der Waals surface area contributed by atoms with E-state index in [1.54, 1.807) is 4.90 Å². The number of carbonyl (C=O) groups is 1. The predicted molar refractivity (Wildman–Crippen MR) is 80.2 cm³/mol. The molecule has 2 fully saturated rings. The van der Waals surface area contributed by atoms with Gasteiger partial charge in [0.1, 0.15) is 5.52 Å². The Balaban J connectivity index is 1.74. The van der Waals surface area contributed by atoms with E-state index in [1.807, 2.05) is 0 Å². The van der Waals surface area contributed by atoms with E-state index in [9.17, 15) is 18.0 Å². The fraction of sp³-hybridized carbons (Fsp3) is 0.562. The van der Waals surface area contributed by atoms with E-state index in [1.165, 1.54) is 25.9 Å². The molecule has 3 heterocycles. The van der Waals surface area contributed by atoms with E-state index < -0.39 is 12.0 Å². The van der Waals surface area contributed by atoms with Crippen molar-refractivity contribution < 1.29 is 18.0 Å². The van der Waals surface area contributed by atoms with Crippen LogP contribution in [0.25, 0.3) is 11.0 Å². The van der Waals surface area contributed by atoms with Crippen LogP contribution in [-0.2, 0) is 13.2 Å². The van der Waals surface area contributed by atoms with E-state index in [0.29, 0.717) is 24.9 Å². The number of halogens is 3. The maximum Gasteiger partial charge on any atom is 0.449 e. The van der Waals surface area contributed by atoms with Crippen molar-refractivity contribution in [1.29, 1.82) is 0 Å². The summed E-state index contributed by atoms with van der Waals surface area (Å²) in [4.78, 5) is 22.2. The van der Waals surface area contributed by atoms with Gasteiger partial charge in [0.05, 0.1) is 17.3 Å². The van der Waals surface area contributed by atoms with Crippen LogP contribution >= 0.6 is 0 Å². The van der Waals surface area contributed by atoms with Crippen molar-refractivity contribution >= 4 is 16.9 Å². The highest BCUT2D eigenvalue weighted by Gasteiger charge is 2.40. The second-order valence-corrected chi connectivity index (χ2v) is 6.71. The first-order valence-corrected chi connectivity index (χ1v) is 8.03. The SMILES string of the molecule is Cn1c(C(F)(F)F)nc2cncc(C(=O)N3C[C@H]4CCC[C@H]4C3)c21. The van der Waals surface area contributed by atoms with Gasteiger partial charge in [-0.15, -0.1) is 0 Å². The van der Waals surface area contributed by atoms with Crippen LogP contribution in [-0.4, -0.2) is 38.4 Å². The molecule has 1 saturated carbocycles. The number of pyridine rings is 1. The number of carbonyl (C=O) groups excluding carboxylic acids is 1. The Labute approximate surface area is 136 Å². The van der Waals surface area contributed by atoms with Gasteiger partial charge in [-0.05, 0) is 24.7 Å². The topological polar surface area (TPSA) is 51.0 Å². The lowest BCUT2D eigenvalue weighted by molar-refractivity contribution is -0.146. The summed E-state index contributed by atoms with van der Waals surface area (Å²) in [6, 6.07) is 0. The zero-order valence-corrected chi connectivity index (χ0v) is 13.2. The summed E-state index contributed by atoms with van der Waals surface area (Å²) in [6.45, 7) is 1.37. The third kappa shape index (κ3) is 2.27. The van der Waals surface area contributed by atoms with Crippen molar-refractivity contribution in [2.45, 2.75) is 25.4 Å². The highest BCUT2D eigenvalue weighted by atomic mass is 19.4. The molecule has 2 atom stereocenters. The summed E-state index contributed by atoms with van der Waals surface area (Å²) in [5, 5.41) is 0. The van der Waals surface area contributed by atoms with Crippen LogP contribution in [0, 0.1) is 11.8 Å². The summed E-state index contributed by atoms with van der Waals surface area (Å²) >= 11 is 0. The molecule has 0 radical (unpaired) electrons. The minimum atomic E-state index is -4.57. The number of imidazole rings is 1. The fourth-order valence-corrected chi connectivity index (χ4v) is 4.15. The molecule has 1 aliphatic heterocycles. The van der Waals surface area contributed by atoms with Gasteiger partial charge in [0, 0.05) is 26.3 Å². The Morgan fingerprint density at radius 1 is 1.21 bits per heavy atom. The van der Waals surface area contributed by atoms with Gasteiger partial charge >= 0.3 is 6.18 Å². The molecule has 1 saturated heterocycles. The second kappa shape index (κ2) is 5.19. The molecular formula is C16H17F3N4O. The summed E-state index contributed by atoms with van der Waals surface area (Å²) in [7, 11) is 1.29. The molecule has 128 valence electrons. The van der Waals surface area contributed by atoms with Crippen molar-refractivity contribution in [3.05, 3.63) is 23.8 Å². The molecule has 0 aromatic carbocycles. The molecule has 2 aliphatic rings. The zero-order valence-electron chi connectivity index (χ0n) is 13.2. The quantitative estimate of drug-likeness (QED) is 0.803. The van der Waals surface area contributed by atoms with Gasteiger partial charge < -0.3 is 9.47 Å². The molecule has 4 rings (SSSR count). The Bertz CT molecular complexity index is 801. The average Bonchev–Trinajstić information content (AvgIpc) is 3.18. The van der Waals surface area contributed by atoms with Gasteiger partial charge in [-0.3, -0.25) is 9.78 Å². The highest BCUT2D eigenvalue weighted by Crippen LogP contribution is 2.38. The van der Waals surface area contributed by atoms with Crippen LogP contribution in [0.15, 0.2) is 12.4 Å². The van der Waals surface area contributed by atoms with E-state index in [4.69, 9.17) is 0 Å². The predicted octanol–water partition coefficient (Wildman–Crippen LogP) is 2.86. The lowest BCUT2D eigenvalue weighted by Gasteiger charge is -2.18.